The van der Waals surface area contributed by atoms with E-state index in [4.69, 9.17) is 0 Å². The molecule has 1 atom stereocenters. The van der Waals surface area contributed by atoms with Crippen LogP contribution in [0.15, 0.2) is 41.2 Å². The number of hydrogen-bond donors (Lipinski definition) is 1. The molecule has 6 heteroatoms. The highest BCUT2D eigenvalue weighted by Gasteiger charge is 2.21. The summed E-state index contributed by atoms with van der Waals surface area (Å²) in [5.74, 6) is 0. The second-order valence-corrected chi connectivity index (χ2v) is 6.95. The molecule has 3 rings (SSSR count). The van der Waals surface area contributed by atoms with Gasteiger partial charge in [-0.3, -0.25) is 9.88 Å². The topological polar surface area (TPSA) is 48.5 Å². The number of urea groups is 1. The summed E-state index contributed by atoms with van der Waals surface area (Å²) < 4.78 is 0. The molecule has 0 aromatic carbocycles. The molecule has 0 radical (unpaired) electrons. The van der Waals surface area contributed by atoms with Crippen LogP contribution < -0.4 is 5.32 Å². The predicted molar refractivity (Wildman–Crippen MR) is 97.0 cm³/mol. The van der Waals surface area contributed by atoms with E-state index in [1.807, 2.05) is 35.5 Å². The van der Waals surface area contributed by atoms with Crippen molar-refractivity contribution in [1.82, 2.24) is 20.1 Å². The fourth-order valence-corrected chi connectivity index (χ4v) is 3.69. The number of aromatic nitrogens is 1. The molecule has 1 aliphatic heterocycles. The van der Waals surface area contributed by atoms with Crippen LogP contribution in [0.4, 0.5) is 4.79 Å². The van der Waals surface area contributed by atoms with Gasteiger partial charge in [0.15, 0.2) is 0 Å². The minimum Gasteiger partial charge on any atom is -0.331 e. The van der Waals surface area contributed by atoms with Crippen LogP contribution in [0.25, 0.3) is 0 Å². The number of rotatable bonds is 4. The Morgan fingerprint density at radius 3 is 2.96 bits per heavy atom. The molecule has 1 unspecified atom stereocenters. The number of nitrogens with zero attached hydrogens (tertiary/aromatic N) is 3. The highest BCUT2D eigenvalue weighted by atomic mass is 32.1. The zero-order valence-electron chi connectivity index (χ0n) is 14.0. The lowest BCUT2D eigenvalue weighted by Gasteiger charge is -2.24. The normalized spacial score (nSPS) is 17.3. The summed E-state index contributed by atoms with van der Waals surface area (Å²) in [7, 11) is 0. The minimum absolute atomic E-state index is 0.0355. The summed E-state index contributed by atoms with van der Waals surface area (Å²) in [5.41, 5.74) is 2.25. The molecule has 2 aromatic heterocycles. The van der Waals surface area contributed by atoms with Gasteiger partial charge in [-0.2, -0.15) is 11.3 Å². The van der Waals surface area contributed by atoms with Crippen LogP contribution in [-0.2, 0) is 6.54 Å². The molecule has 0 aliphatic carbocycles. The van der Waals surface area contributed by atoms with Crippen LogP contribution in [0.3, 0.4) is 0 Å². The summed E-state index contributed by atoms with van der Waals surface area (Å²) in [6, 6.07) is 8.16. The molecule has 24 heavy (non-hydrogen) atoms. The minimum atomic E-state index is 0.0355. The maximum absolute atomic E-state index is 12.5. The van der Waals surface area contributed by atoms with Gasteiger partial charge in [-0.1, -0.05) is 6.07 Å². The maximum atomic E-state index is 12.5. The van der Waals surface area contributed by atoms with E-state index in [9.17, 15) is 4.79 Å². The Bertz CT molecular complexity index is 632. The SMILES string of the molecule is CC(NC(=O)N1CCCN(Cc2ccccn2)CC1)c1ccsc1. The van der Waals surface area contributed by atoms with Crippen molar-refractivity contribution in [3.05, 3.63) is 52.5 Å². The summed E-state index contributed by atoms with van der Waals surface area (Å²) in [4.78, 5) is 21.2. The average molecular weight is 344 g/mol. The molecule has 3 heterocycles. The molecule has 0 saturated carbocycles. The van der Waals surface area contributed by atoms with Crippen molar-refractivity contribution in [2.45, 2.75) is 25.9 Å². The highest BCUT2D eigenvalue weighted by molar-refractivity contribution is 7.07. The molecule has 5 nitrogen and oxygen atoms in total. The lowest BCUT2D eigenvalue weighted by molar-refractivity contribution is 0.194. The first-order chi connectivity index (χ1) is 11.7. The van der Waals surface area contributed by atoms with Crippen molar-refractivity contribution in [3.8, 4) is 0 Å². The van der Waals surface area contributed by atoms with Gasteiger partial charge in [0.1, 0.15) is 0 Å². The van der Waals surface area contributed by atoms with Gasteiger partial charge < -0.3 is 10.2 Å². The number of nitrogens with one attached hydrogen (secondary N) is 1. The summed E-state index contributed by atoms with van der Waals surface area (Å²) in [5, 5.41) is 7.23. The Morgan fingerprint density at radius 2 is 2.21 bits per heavy atom. The van der Waals surface area contributed by atoms with E-state index < -0.39 is 0 Å². The van der Waals surface area contributed by atoms with Gasteiger partial charge in [-0.05, 0) is 47.9 Å². The molecular weight excluding hydrogens is 320 g/mol. The van der Waals surface area contributed by atoms with Gasteiger partial charge in [0, 0.05) is 38.9 Å². The molecule has 1 N–H and O–H groups in total. The molecule has 2 aromatic rings. The largest absolute Gasteiger partial charge is 0.331 e. The third-order valence-corrected chi connectivity index (χ3v) is 5.07. The van der Waals surface area contributed by atoms with Gasteiger partial charge in [0.2, 0.25) is 0 Å². The molecule has 128 valence electrons. The van der Waals surface area contributed by atoms with Crippen molar-refractivity contribution in [1.29, 1.82) is 0 Å². The van der Waals surface area contributed by atoms with Crippen LogP contribution in [0.2, 0.25) is 0 Å². The average Bonchev–Trinajstić information content (AvgIpc) is 3.03. The van der Waals surface area contributed by atoms with Crippen LogP contribution in [0.5, 0.6) is 0 Å². The molecule has 1 fully saturated rings. The molecule has 1 saturated heterocycles. The van der Waals surface area contributed by atoms with Gasteiger partial charge in [0.05, 0.1) is 11.7 Å². The molecule has 0 bridgehead atoms. The van der Waals surface area contributed by atoms with Gasteiger partial charge >= 0.3 is 6.03 Å². The van der Waals surface area contributed by atoms with Crippen molar-refractivity contribution >= 4 is 17.4 Å². The van der Waals surface area contributed by atoms with E-state index in [2.05, 4.69) is 32.7 Å². The zero-order valence-corrected chi connectivity index (χ0v) is 14.8. The van der Waals surface area contributed by atoms with Crippen molar-refractivity contribution in [2.24, 2.45) is 0 Å². The van der Waals surface area contributed by atoms with Crippen molar-refractivity contribution < 1.29 is 4.79 Å². The number of amides is 2. The van der Waals surface area contributed by atoms with Gasteiger partial charge in [0.25, 0.3) is 0 Å². The fourth-order valence-electron chi connectivity index (χ4n) is 2.93. The second kappa shape index (κ2) is 8.26. The van der Waals surface area contributed by atoms with E-state index in [-0.39, 0.29) is 12.1 Å². The number of thiophene rings is 1. The van der Waals surface area contributed by atoms with E-state index in [0.29, 0.717) is 0 Å². The number of pyridine rings is 1. The Hall–Kier alpha value is -1.92. The molecule has 1 aliphatic rings. The Balaban J connectivity index is 1.50. The second-order valence-electron chi connectivity index (χ2n) is 6.17. The first kappa shape index (κ1) is 16.9. The summed E-state index contributed by atoms with van der Waals surface area (Å²) in [6.07, 6.45) is 2.83. The van der Waals surface area contributed by atoms with Crippen molar-refractivity contribution in [3.63, 3.8) is 0 Å². The van der Waals surface area contributed by atoms with Crippen molar-refractivity contribution in [2.75, 3.05) is 26.2 Å². The third-order valence-electron chi connectivity index (χ3n) is 4.37. The summed E-state index contributed by atoms with van der Waals surface area (Å²) in [6.45, 7) is 6.33. The molecular formula is C18H24N4OS. The van der Waals surface area contributed by atoms with E-state index in [1.165, 1.54) is 5.56 Å². The van der Waals surface area contributed by atoms with Crippen LogP contribution in [-0.4, -0.2) is 47.0 Å². The fraction of sp³-hybridized carbons (Fsp3) is 0.444. The lowest BCUT2D eigenvalue weighted by Crippen LogP contribution is -2.42. The maximum Gasteiger partial charge on any atom is 0.317 e. The molecule has 2 amide bonds. The van der Waals surface area contributed by atoms with E-state index in [0.717, 1.165) is 44.8 Å². The number of carbonyl (C=O) groups is 1. The van der Waals surface area contributed by atoms with Gasteiger partial charge in [-0.25, -0.2) is 4.79 Å². The van der Waals surface area contributed by atoms with Gasteiger partial charge in [-0.15, -0.1) is 0 Å². The first-order valence-corrected chi connectivity index (χ1v) is 9.36. The number of carbonyl (C=O) groups excluding carboxylic acids is 1. The molecule has 0 spiro atoms. The van der Waals surface area contributed by atoms with E-state index >= 15 is 0 Å². The summed E-state index contributed by atoms with van der Waals surface area (Å²) >= 11 is 1.66. The van der Waals surface area contributed by atoms with Crippen LogP contribution in [0.1, 0.15) is 30.6 Å². The monoisotopic (exact) mass is 344 g/mol. The smallest absolute Gasteiger partial charge is 0.317 e. The van der Waals surface area contributed by atoms with Crippen LogP contribution >= 0.6 is 11.3 Å². The Morgan fingerprint density at radius 1 is 1.29 bits per heavy atom. The number of hydrogen-bond acceptors (Lipinski definition) is 4. The van der Waals surface area contributed by atoms with E-state index in [1.54, 1.807) is 11.3 Å². The Kier molecular flexibility index (Phi) is 5.82. The standard InChI is InChI=1S/C18H24N4OS/c1-15(16-6-12-24-14-16)20-18(23)22-9-4-8-21(10-11-22)13-17-5-2-3-7-19-17/h2-3,5-7,12,14-15H,4,8-11,13H2,1H3,(H,20,23). The third kappa shape index (κ3) is 4.55. The first-order valence-electron chi connectivity index (χ1n) is 8.42. The predicted octanol–water partition coefficient (Wildman–Crippen LogP) is 3.12. The lowest BCUT2D eigenvalue weighted by atomic mass is 10.2. The Labute approximate surface area is 147 Å². The zero-order chi connectivity index (χ0) is 16.8. The van der Waals surface area contributed by atoms with Crippen LogP contribution in [0, 0.1) is 0 Å². The highest BCUT2D eigenvalue weighted by Crippen LogP contribution is 2.16. The quantitative estimate of drug-likeness (QED) is 0.927.